The Morgan fingerprint density at radius 2 is 2.24 bits per heavy atom. The van der Waals surface area contributed by atoms with Crippen molar-refractivity contribution in [1.82, 2.24) is 14.5 Å². The molecule has 0 aliphatic carbocycles. The zero-order valence-electron chi connectivity index (χ0n) is 11.1. The molecule has 5 heteroatoms. The lowest BCUT2D eigenvalue weighted by Crippen LogP contribution is -2.39. The Bertz CT molecular complexity index is 372. The third kappa shape index (κ3) is 3.30. The molecule has 0 spiro atoms. The molecular weight excluding hydrogens is 216 g/mol. The number of amides is 1. The topological polar surface area (TPSA) is 64.2 Å². The van der Waals surface area contributed by atoms with Crippen LogP contribution in [0.2, 0.25) is 0 Å². The van der Waals surface area contributed by atoms with Crippen LogP contribution in [0.1, 0.15) is 19.7 Å². The summed E-state index contributed by atoms with van der Waals surface area (Å²) in [5, 5.41) is 0. The van der Waals surface area contributed by atoms with E-state index in [9.17, 15) is 4.79 Å². The normalized spacial score (nSPS) is 12.8. The van der Waals surface area contributed by atoms with Gasteiger partial charge in [-0.3, -0.25) is 4.79 Å². The molecule has 2 N–H and O–H groups in total. The first-order valence-corrected chi connectivity index (χ1v) is 5.88. The summed E-state index contributed by atoms with van der Waals surface area (Å²) in [6.07, 6.45) is 3.60. The highest BCUT2D eigenvalue weighted by molar-refractivity contribution is 5.79. The number of carbonyl (C=O) groups excluding carboxylic acids is 1. The molecule has 1 aromatic rings. The van der Waals surface area contributed by atoms with E-state index in [-0.39, 0.29) is 17.7 Å². The molecule has 96 valence electrons. The minimum absolute atomic E-state index is 0.0884. The summed E-state index contributed by atoms with van der Waals surface area (Å²) >= 11 is 0. The maximum atomic E-state index is 12.2. The lowest BCUT2D eigenvalue weighted by Gasteiger charge is -2.25. The van der Waals surface area contributed by atoms with Gasteiger partial charge in [0.2, 0.25) is 5.91 Å². The minimum Gasteiger partial charge on any atom is -0.338 e. The molecule has 1 atom stereocenters. The molecule has 1 rings (SSSR count). The second kappa shape index (κ2) is 5.82. The molecule has 5 nitrogen and oxygen atoms in total. The molecule has 0 aliphatic heterocycles. The van der Waals surface area contributed by atoms with Gasteiger partial charge >= 0.3 is 0 Å². The van der Waals surface area contributed by atoms with Crippen LogP contribution in [0.5, 0.6) is 0 Å². The summed E-state index contributed by atoms with van der Waals surface area (Å²) in [6, 6.07) is 0. The van der Waals surface area contributed by atoms with Gasteiger partial charge in [-0.1, -0.05) is 13.8 Å². The summed E-state index contributed by atoms with van der Waals surface area (Å²) < 4.78 is 1.91. The van der Waals surface area contributed by atoms with Crippen molar-refractivity contribution in [2.45, 2.75) is 20.4 Å². The number of aryl methyl sites for hydroxylation is 1. The maximum absolute atomic E-state index is 12.2. The number of rotatable bonds is 5. The van der Waals surface area contributed by atoms with E-state index < -0.39 is 0 Å². The second-order valence-corrected chi connectivity index (χ2v) is 4.73. The van der Waals surface area contributed by atoms with Crippen LogP contribution in [-0.4, -0.2) is 34.0 Å². The summed E-state index contributed by atoms with van der Waals surface area (Å²) in [4.78, 5) is 18.1. The Morgan fingerprint density at radius 3 is 2.65 bits per heavy atom. The molecule has 0 saturated carbocycles. The van der Waals surface area contributed by atoms with Crippen molar-refractivity contribution in [3.8, 4) is 0 Å². The Kier molecular flexibility index (Phi) is 4.69. The van der Waals surface area contributed by atoms with E-state index in [0.717, 1.165) is 5.82 Å². The average Bonchev–Trinajstić information content (AvgIpc) is 2.64. The van der Waals surface area contributed by atoms with Gasteiger partial charge in [0.15, 0.2) is 0 Å². The molecule has 1 amide bonds. The van der Waals surface area contributed by atoms with Crippen LogP contribution in [0, 0.1) is 11.8 Å². The van der Waals surface area contributed by atoms with Crippen molar-refractivity contribution in [1.29, 1.82) is 0 Å². The van der Waals surface area contributed by atoms with Gasteiger partial charge in [-0.15, -0.1) is 0 Å². The van der Waals surface area contributed by atoms with Crippen molar-refractivity contribution in [3.05, 3.63) is 18.2 Å². The molecule has 0 radical (unpaired) electrons. The quantitative estimate of drug-likeness (QED) is 0.817. The number of nitrogens with zero attached hydrogens (tertiary/aromatic N) is 3. The van der Waals surface area contributed by atoms with Crippen LogP contribution in [0.25, 0.3) is 0 Å². The highest BCUT2D eigenvalue weighted by Gasteiger charge is 2.24. The molecule has 0 aliphatic rings. The minimum atomic E-state index is -0.111. The third-order valence-corrected chi connectivity index (χ3v) is 3.05. The predicted molar refractivity (Wildman–Crippen MR) is 67.1 cm³/mol. The largest absolute Gasteiger partial charge is 0.338 e. The van der Waals surface area contributed by atoms with Gasteiger partial charge in [0.25, 0.3) is 0 Å². The van der Waals surface area contributed by atoms with Gasteiger partial charge in [-0.2, -0.15) is 0 Å². The van der Waals surface area contributed by atoms with E-state index in [4.69, 9.17) is 5.73 Å². The van der Waals surface area contributed by atoms with Gasteiger partial charge < -0.3 is 15.2 Å². The zero-order valence-corrected chi connectivity index (χ0v) is 11.1. The first kappa shape index (κ1) is 13.7. The van der Waals surface area contributed by atoms with Crippen molar-refractivity contribution in [2.75, 3.05) is 13.6 Å². The number of hydrogen-bond acceptors (Lipinski definition) is 3. The van der Waals surface area contributed by atoms with Crippen molar-refractivity contribution in [2.24, 2.45) is 24.6 Å². The van der Waals surface area contributed by atoms with Crippen LogP contribution in [0.3, 0.4) is 0 Å². The molecular formula is C12H22N4O. The van der Waals surface area contributed by atoms with Gasteiger partial charge in [0, 0.05) is 33.0 Å². The van der Waals surface area contributed by atoms with Gasteiger partial charge in [-0.25, -0.2) is 4.98 Å². The van der Waals surface area contributed by atoms with Crippen LogP contribution in [-0.2, 0) is 18.4 Å². The fourth-order valence-electron chi connectivity index (χ4n) is 1.78. The summed E-state index contributed by atoms with van der Waals surface area (Å²) in [6.45, 7) is 4.95. The Labute approximate surface area is 103 Å². The maximum Gasteiger partial charge on any atom is 0.227 e. The van der Waals surface area contributed by atoms with E-state index >= 15 is 0 Å². The highest BCUT2D eigenvalue weighted by Crippen LogP contribution is 2.13. The van der Waals surface area contributed by atoms with E-state index in [2.05, 4.69) is 4.98 Å². The van der Waals surface area contributed by atoms with Crippen LogP contribution in [0.4, 0.5) is 0 Å². The number of hydrogen-bond donors (Lipinski definition) is 1. The van der Waals surface area contributed by atoms with E-state index in [0.29, 0.717) is 13.1 Å². The van der Waals surface area contributed by atoms with Crippen molar-refractivity contribution >= 4 is 5.91 Å². The molecule has 1 aromatic heterocycles. The molecule has 1 heterocycles. The van der Waals surface area contributed by atoms with E-state index in [1.165, 1.54) is 0 Å². The van der Waals surface area contributed by atoms with Crippen LogP contribution in [0.15, 0.2) is 12.4 Å². The number of nitrogens with two attached hydrogens (primary N) is 1. The van der Waals surface area contributed by atoms with Gasteiger partial charge in [0.05, 0.1) is 12.5 Å². The van der Waals surface area contributed by atoms with Crippen molar-refractivity contribution < 1.29 is 4.79 Å². The fourth-order valence-corrected chi connectivity index (χ4v) is 1.78. The SMILES string of the molecule is CC(C)C(CN)C(=O)N(C)Cc1nccn1C. The molecule has 0 saturated heterocycles. The molecule has 0 fully saturated rings. The second-order valence-electron chi connectivity index (χ2n) is 4.73. The third-order valence-electron chi connectivity index (χ3n) is 3.05. The lowest BCUT2D eigenvalue weighted by atomic mass is 9.94. The fraction of sp³-hybridized carbons (Fsp3) is 0.667. The highest BCUT2D eigenvalue weighted by atomic mass is 16.2. The molecule has 0 aromatic carbocycles. The Hall–Kier alpha value is -1.36. The zero-order chi connectivity index (χ0) is 13.0. The standard InChI is InChI=1S/C12H22N4O/c1-9(2)10(7-13)12(17)16(4)8-11-14-5-6-15(11)3/h5-6,9-10H,7-8,13H2,1-4H3. The Morgan fingerprint density at radius 1 is 1.59 bits per heavy atom. The summed E-state index contributed by atoms with van der Waals surface area (Å²) in [5.41, 5.74) is 5.65. The Balaban J connectivity index is 2.67. The smallest absolute Gasteiger partial charge is 0.227 e. The lowest BCUT2D eigenvalue weighted by molar-refractivity contribution is -0.135. The predicted octanol–water partition coefficient (Wildman–Crippen LogP) is 0.609. The average molecular weight is 238 g/mol. The van der Waals surface area contributed by atoms with E-state index in [1.54, 1.807) is 18.1 Å². The van der Waals surface area contributed by atoms with E-state index in [1.807, 2.05) is 31.7 Å². The summed E-state index contributed by atoms with van der Waals surface area (Å²) in [7, 11) is 3.71. The number of imidazole rings is 1. The monoisotopic (exact) mass is 238 g/mol. The molecule has 17 heavy (non-hydrogen) atoms. The number of carbonyl (C=O) groups is 1. The van der Waals surface area contributed by atoms with Crippen molar-refractivity contribution in [3.63, 3.8) is 0 Å². The molecule has 0 bridgehead atoms. The van der Waals surface area contributed by atoms with Crippen LogP contribution < -0.4 is 5.73 Å². The van der Waals surface area contributed by atoms with Gasteiger partial charge in [0.1, 0.15) is 5.82 Å². The molecule has 1 unspecified atom stereocenters. The van der Waals surface area contributed by atoms with Gasteiger partial charge in [-0.05, 0) is 5.92 Å². The first-order valence-electron chi connectivity index (χ1n) is 5.88. The number of aromatic nitrogens is 2. The van der Waals surface area contributed by atoms with Crippen LogP contribution >= 0.6 is 0 Å². The first-order chi connectivity index (χ1) is 7.97. The summed E-state index contributed by atoms with van der Waals surface area (Å²) in [5.74, 6) is 1.11.